The molecule has 1 N–H and O–H groups in total. The lowest BCUT2D eigenvalue weighted by molar-refractivity contribution is 0.671. The van der Waals surface area contributed by atoms with Crippen molar-refractivity contribution in [1.29, 1.82) is 0 Å². The third kappa shape index (κ3) is 2.71. The molecule has 5 heteroatoms. The maximum atomic E-state index is 6.27. The zero-order chi connectivity index (χ0) is 12.4. The van der Waals surface area contributed by atoms with Gasteiger partial charge in [0, 0.05) is 20.4 Å². The highest BCUT2D eigenvalue weighted by molar-refractivity contribution is 9.10. The van der Waals surface area contributed by atoms with E-state index in [0.29, 0.717) is 0 Å². The van der Waals surface area contributed by atoms with Crippen LogP contribution in [0, 0.1) is 6.92 Å². The number of halogens is 2. The minimum absolute atomic E-state index is 0.0167. The average Bonchev–Trinajstić information content (AvgIpc) is 2.70. The van der Waals surface area contributed by atoms with Gasteiger partial charge in [-0.2, -0.15) is 0 Å². The van der Waals surface area contributed by atoms with Crippen LogP contribution in [0.25, 0.3) is 0 Å². The van der Waals surface area contributed by atoms with Gasteiger partial charge in [-0.3, -0.25) is 0 Å². The van der Waals surface area contributed by atoms with Gasteiger partial charge in [0.2, 0.25) is 0 Å². The smallest absolute Gasteiger partial charge is 0.0898 e. The lowest BCUT2D eigenvalue weighted by Crippen LogP contribution is -2.19. The molecule has 0 aliphatic carbocycles. The number of thiazole rings is 1. The van der Waals surface area contributed by atoms with Gasteiger partial charge >= 0.3 is 0 Å². The molecular weight excluding hydrogens is 320 g/mol. The van der Waals surface area contributed by atoms with Crippen LogP contribution in [0.4, 0.5) is 0 Å². The third-order valence-electron chi connectivity index (χ3n) is 2.51. The Hall–Kier alpha value is -0.420. The first-order valence-corrected chi connectivity index (χ1v) is 7.21. The molecule has 2 rings (SSSR count). The van der Waals surface area contributed by atoms with E-state index in [1.54, 1.807) is 11.3 Å². The van der Waals surface area contributed by atoms with Crippen LogP contribution in [0.15, 0.2) is 28.1 Å². The van der Waals surface area contributed by atoms with E-state index in [9.17, 15) is 0 Å². The lowest BCUT2D eigenvalue weighted by atomic mass is 10.0. The fourth-order valence-electron chi connectivity index (χ4n) is 1.74. The van der Waals surface area contributed by atoms with Crippen molar-refractivity contribution in [3.05, 3.63) is 49.3 Å². The van der Waals surface area contributed by atoms with Gasteiger partial charge in [0.25, 0.3) is 0 Å². The Balaban J connectivity index is 2.49. The Morgan fingerprint density at radius 3 is 2.76 bits per heavy atom. The van der Waals surface area contributed by atoms with Crippen LogP contribution >= 0.6 is 38.9 Å². The van der Waals surface area contributed by atoms with E-state index in [1.807, 2.05) is 32.2 Å². The molecule has 0 spiro atoms. The van der Waals surface area contributed by atoms with Gasteiger partial charge in [-0.25, -0.2) is 4.98 Å². The first-order chi connectivity index (χ1) is 8.13. The Morgan fingerprint density at radius 2 is 2.24 bits per heavy atom. The Morgan fingerprint density at radius 1 is 1.47 bits per heavy atom. The van der Waals surface area contributed by atoms with E-state index >= 15 is 0 Å². The second-order valence-electron chi connectivity index (χ2n) is 3.65. The molecule has 0 saturated heterocycles. The summed E-state index contributed by atoms with van der Waals surface area (Å²) >= 11 is 11.5. The maximum absolute atomic E-state index is 6.27. The number of hydrogen-bond donors (Lipinski definition) is 1. The predicted molar refractivity (Wildman–Crippen MR) is 76.9 cm³/mol. The van der Waals surface area contributed by atoms with Crippen molar-refractivity contribution in [2.24, 2.45) is 0 Å². The summed E-state index contributed by atoms with van der Waals surface area (Å²) in [5.74, 6) is 0. The molecule has 0 saturated carbocycles. The molecule has 0 aliphatic rings. The molecule has 0 radical (unpaired) electrons. The second kappa shape index (κ2) is 5.48. The molecule has 0 bridgehead atoms. The summed E-state index contributed by atoms with van der Waals surface area (Å²) in [5.41, 5.74) is 2.03. The fraction of sp³-hybridized carbons (Fsp3) is 0.250. The molecule has 0 aliphatic heterocycles. The van der Waals surface area contributed by atoms with Crippen molar-refractivity contribution in [2.75, 3.05) is 7.05 Å². The summed E-state index contributed by atoms with van der Waals surface area (Å²) in [6, 6.07) is 5.83. The highest BCUT2D eigenvalue weighted by atomic mass is 79.9. The van der Waals surface area contributed by atoms with Crippen molar-refractivity contribution in [3.8, 4) is 0 Å². The van der Waals surface area contributed by atoms with Crippen LogP contribution in [-0.4, -0.2) is 12.0 Å². The minimum Gasteiger partial charge on any atom is -0.308 e. The first kappa shape index (κ1) is 13.0. The molecule has 2 aromatic rings. The highest BCUT2D eigenvalue weighted by Crippen LogP contribution is 2.34. The minimum atomic E-state index is 0.0167. The van der Waals surface area contributed by atoms with Gasteiger partial charge in [0.15, 0.2) is 0 Å². The number of aryl methyl sites for hydroxylation is 1. The van der Waals surface area contributed by atoms with Crippen LogP contribution < -0.4 is 5.32 Å². The SMILES string of the molecule is CNC(c1csc(C)n1)c1c(Cl)cccc1Br. The average molecular weight is 332 g/mol. The molecule has 1 aromatic carbocycles. The lowest BCUT2D eigenvalue weighted by Gasteiger charge is -2.17. The zero-order valence-electron chi connectivity index (χ0n) is 9.50. The molecule has 1 unspecified atom stereocenters. The second-order valence-corrected chi connectivity index (χ2v) is 5.97. The molecule has 1 atom stereocenters. The van der Waals surface area contributed by atoms with Crippen LogP contribution in [0.1, 0.15) is 22.3 Å². The Labute approximate surface area is 118 Å². The van der Waals surface area contributed by atoms with Crippen molar-refractivity contribution >= 4 is 38.9 Å². The molecule has 1 aromatic heterocycles. The number of nitrogens with zero attached hydrogens (tertiary/aromatic N) is 1. The van der Waals surface area contributed by atoms with E-state index in [0.717, 1.165) is 25.8 Å². The zero-order valence-corrected chi connectivity index (χ0v) is 12.7. The van der Waals surface area contributed by atoms with Crippen LogP contribution in [0.2, 0.25) is 5.02 Å². The van der Waals surface area contributed by atoms with Crippen molar-refractivity contribution in [2.45, 2.75) is 13.0 Å². The number of benzene rings is 1. The molecule has 0 fully saturated rings. The monoisotopic (exact) mass is 330 g/mol. The maximum Gasteiger partial charge on any atom is 0.0898 e. The molecule has 0 amide bonds. The Bertz CT molecular complexity index is 507. The normalized spacial score (nSPS) is 12.7. The standard InChI is InChI=1S/C12H12BrClN2S/c1-7-16-10(6-17-7)12(15-2)11-8(13)4-3-5-9(11)14/h3-6,12,15H,1-2H3. The van der Waals surface area contributed by atoms with Gasteiger partial charge in [0.1, 0.15) is 0 Å². The van der Waals surface area contributed by atoms with Crippen LogP contribution in [-0.2, 0) is 0 Å². The van der Waals surface area contributed by atoms with Crippen molar-refractivity contribution in [3.63, 3.8) is 0 Å². The molecule has 17 heavy (non-hydrogen) atoms. The van der Waals surface area contributed by atoms with Crippen LogP contribution in [0.3, 0.4) is 0 Å². The van der Waals surface area contributed by atoms with Crippen molar-refractivity contribution in [1.82, 2.24) is 10.3 Å². The quantitative estimate of drug-likeness (QED) is 0.913. The van der Waals surface area contributed by atoms with Gasteiger partial charge < -0.3 is 5.32 Å². The van der Waals surface area contributed by atoms with Gasteiger partial charge in [-0.15, -0.1) is 11.3 Å². The number of rotatable bonds is 3. The van der Waals surface area contributed by atoms with Gasteiger partial charge in [-0.05, 0) is 26.1 Å². The van der Waals surface area contributed by atoms with E-state index < -0.39 is 0 Å². The van der Waals surface area contributed by atoms with Crippen LogP contribution in [0.5, 0.6) is 0 Å². The summed E-state index contributed by atoms with van der Waals surface area (Å²) in [4.78, 5) is 4.52. The highest BCUT2D eigenvalue weighted by Gasteiger charge is 2.20. The van der Waals surface area contributed by atoms with E-state index in [2.05, 4.69) is 31.6 Å². The van der Waals surface area contributed by atoms with Gasteiger partial charge in [0.05, 0.1) is 16.7 Å². The Kier molecular flexibility index (Phi) is 4.20. The molecule has 2 nitrogen and oxygen atoms in total. The van der Waals surface area contributed by atoms with E-state index in [4.69, 9.17) is 11.6 Å². The number of hydrogen-bond acceptors (Lipinski definition) is 3. The third-order valence-corrected chi connectivity index (χ3v) is 4.32. The molecular formula is C12H12BrClN2S. The fourth-order valence-corrected chi connectivity index (χ4v) is 3.37. The summed E-state index contributed by atoms with van der Waals surface area (Å²) in [6.45, 7) is 2.00. The topological polar surface area (TPSA) is 24.9 Å². The molecule has 90 valence electrons. The first-order valence-electron chi connectivity index (χ1n) is 5.16. The largest absolute Gasteiger partial charge is 0.308 e. The van der Waals surface area contributed by atoms with Gasteiger partial charge in [-0.1, -0.05) is 33.6 Å². The van der Waals surface area contributed by atoms with Crippen molar-refractivity contribution < 1.29 is 0 Å². The summed E-state index contributed by atoms with van der Waals surface area (Å²) in [6.07, 6.45) is 0. The summed E-state index contributed by atoms with van der Waals surface area (Å²) in [7, 11) is 1.91. The summed E-state index contributed by atoms with van der Waals surface area (Å²) in [5, 5.41) is 7.12. The van der Waals surface area contributed by atoms with E-state index in [-0.39, 0.29) is 6.04 Å². The summed E-state index contributed by atoms with van der Waals surface area (Å²) < 4.78 is 0.995. The molecule has 1 heterocycles. The van der Waals surface area contributed by atoms with E-state index in [1.165, 1.54) is 0 Å². The number of aromatic nitrogens is 1. The predicted octanol–water partition coefficient (Wildman–Crippen LogP) is 4.18. The number of nitrogens with one attached hydrogen (secondary N) is 1.